The average Bonchev–Trinajstić information content (AvgIpc) is 1.36. The van der Waals surface area contributed by atoms with Gasteiger partial charge < -0.3 is 126 Å². The molecule has 2 aliphatic rings. The number of nitrogens with zero attached hydrogens (tertiary/aromatic N) is 5. The minimum absolute atomic E-state index is 0.000838. The first-order chi connectivity index (χ1) is 65.4. The van der Waals surface area contributed by atoms with Gasteiger partial charge in [-0.05, 0) is 92.3 Å². The Bertz CT molecular complexity index is 5450. The summed E-state index contributed by atoms with van der Waals surface area (Å²) in [5, 5.41) is 54.4. The lowest BCUT2D eigenvalue weighted by atomic mass is 10.0. The van der Waals surface area contributed by atoms with Crippen LogP contribution in [0.1, 0.15) is 118 Å². The van der Waals surface area contributed by atoms with Gasteiger partial charge in [-0.1, -0.05) is 119 Å². The van der Waals surface area contributed by atoms with Crippen LogP contribution in [0.25, 0.3) is 21.8 Å². The number of likely N-dealkylation sites (N-methyl/N-ethyl adjacent to an activating group) is 3. The summed E-state index contributed by atoms with van der Waals surface area (Å²) in [6, 6.07) is 9.22. The maximum atomic E-state index is 15.6. The first-order valence-corrected chi connectivity index (χ1v) is 46.2. The number of carbonyl (C=O) groups excluding carboxylic acids is 18. The Hall–Kier alpha value is -14.8. The Kier molecular flexibility index (Phi) is 39.9. The van der Waals surface area contributed by atoms with Gasteiger partial charge in [0.25, 0.3) is 5.91 Å². The Morgan fingerprint density at radius 2 is 1.09 bits per heavy atom. The van der Waals surface area contributed by atoms with Crippen LogP contribution in [0.2, 0.25) is 0 Å². The number of unbranched alkanes of at least 4 members (excludes halogenated alkanes) is 1. The Morgan fingerprint density at radius 1 is 0.540 bits per heavy atom. The molecule has 5 heterocycles. The zero-order chi connectivity index (χ0) is 99.7. The molecule has 0 saturated carbocycles. The van der Waals surface area contributed by atoms with Crippen molar-refractivity contribution in [2.24, 2.45) is 23.1 Å². The highest BCUT2D eigenvalue weighted by Gasteiger charge is 2.44. The smallest absolute Gasteiger partial charge is 0.251 e. The minimum atomic E-state index is -1.93. The summed E-state index contributed by atoms with van der Waals surface area (Å²) in [6.07, 6.45) is 4.40. The molecule has 0 spiro atoms. The normalized spacial score (nSPS) is 22.9. The first kappa shape index (κ1) is 106. The molecular weight excluding hydrogens is 1790 g/mol. The van der Waals surface area contributed by atoms with Gasteiger partial charge in [0, 0.05) is 124 Å². The number of carbonyl (C=O) groups is 18. The number of hydrogen-bond acceptors (Lipinski definition) is 22. The Balaban J connectivity index is 1.10. The van der Waals surface area contributed by atoms with Crippen LogP contribution in [0, 0.1) is 11.3 Å². The molecule has 24 N–H and O–H groups in total. The van der Waals surface area contributed by atoms with E-state index in [9.17, 15) is 67.4 Å². The number of aliphatic hydroxyl groups excluding tert-OH is 1. The van der Waals surface area contributed by atoms with Gasteiger partial charge in [0.2, 0.25) is 100 Å². The molecule has 2 fully saturated rings. The van der Waals surface area contributed by atoms with Crippen molar-refractivity contribution >= 4 is 146 Å². The zero-order valence-electron chi connectivity index (χ0n) is 77.3. The van der Waals surface area contributed by atoms with E-state index in [1.54, 1.807) is 130 Å². The number of amides is 18. The number of para-hydroxylation sites is 2. The van der Waals surface area contributed by atoms with E-state index in [-0.39, 0.29) is 95.2 Å². The van der Waals surface area contributed by atoms with E-state index in [1.165, 1.54) is 52.7 Å². The molecule has 0 bridgehead atoms. The summed E-state index contributed by atoms with van der Waals surface area (Å²) < 4.78 is 0. The lowest BCUT2D eigenvalue weighted by Gasteiger charge is -2.33. The second kappa shape index (κ2) is 51.6. The second-order valence-electron chi connectivity index (χ2n) is 34.2. The van der Waals surface area contributed by atoms with Crippen LogP contribution in [0.15, 0.2) is 134 Å². The number of nitrogens with two attached hydrogens (primary N) is 3. The molecular formula is C92H123N25O19S. The number of rotatable bonds is 26. The van der Waals surface area contributed by atoms with Crippen LogP contribution in [-0.4, -0.2) is 307 Å². The molecule has 2 saturated heterocycles. The van der Waals surface area contributed by atoms with E-state index in [1.807, 2.05) is 0 Å². The predicted octanol–water partition coefficient (Wildman–Crippen LogP) is -3.24. The van der Waals surface area contributed by atoms with Crippen molar-refractivity contribution < 1.29 is 91.4 Å². The first-order valence-electron chi connectivity index (χ1n) is 45.1. The van der Waals surface area contributed by atoms with Gasteiger partial charge in [0.05, 0.1) is 38.2 Å². The van der Waals surface area contributed by atoms with Crippen LogP contribution in [-0.2, 0) is 107 Å². The van der Waals surface area contributed by atoms with Crippen LogP contribution in [0.3, 0.4) is 0 Å². The fourth-order valence-corrected chi connectivity index (χ4v) is 16.8. The lowest BCUT2D eigenvalue weighted by Crippen LogP contribution is -2.62. The van der Waals surface area contributed by atoms with Crippen molar-refractivity contribution in [2.75, 3.05) is 72.0 Å². The van der Waals surface area contributed by atoms with E-state index in [4.69, 9.17) is 22.6 Å². The molecule has 44 nitrogen and oxygen atoms in total. The van der Waals surface area contributed by atoms with Crippen molar-refractivity contribution in [1.29, 1.82) is 5.41 Å². The summed E-state index contributed by atoms with van der Waals surface area (Å²) in [4.78, 5) is 280. The van der Waals surface area contributed by atoms with Gasteiger partial charge in [-0.3, -0.25) is 91.7 Å². The van der Waals surface area contributed by atoms with E-state index in [0.717, 1.165) is 31.4 Å². The van der Waals surface area contributed by atoms with Crippen molar-refractivity contribution in [3.63, 3.8) is 0 Å². The molecule has 9 rings (SSSR count). The van der Waals surface area contributed by atoms with Gasteiger partial charge in [-0.2, -0.15) is 0 Å². The summed E-state index contributed by atoms with van der Waals surface area (Å²) in [5.74, 6) is -19.0. The highest BCUT2D eigenvalue weighted by atomic mass is 32.2. The van der Waals surface area contributed by atoms with Crippen molar-refractivity contribution in [1.82, 2.24) is 109 Å². The fraction of sp³-hybridized carbons (Fsp3) is 0.457. The predicted molar refractivity (Wildman–Crippen MR) is 504 cm³/mol. The van der Waals surface area contributed by atoms with Gasteiger partial charge >= 0.3 is 0 Å². The number of thioether (sulfide) groups is 1. The molecule has 0 radical (unpaired) electrons. The summed E-state index contributed by atoms with van der Waals surface area (Å²) in [6.45, 7) is 3.12. The topological polar surface area (TPSA) is 659 Å². The van der Waals surface area contributed by atoms with Gasteiger partial charge in [0.15, 0.2) is 5.96 Å². The number of aromatic nitrogens is 4. The SMILES string of the molecule is CCCC[C@H]1C(=O)N[C@@H](CCCNC(=N)N)C(=O)N[C@H](C(=O)NCC(N)=O)CSCC(=O)N[C@@H](Cc2ccccc2)C(=O)N(C)[C@@H](C)C(=O)N[C@@H](CC(N)=O)C(=O)N2CCC[C@H]2C(=O)N[C@@H](Cc2cnc[nH]2)C(=O)N[C@@H](CC(C)C)C(=O)N(C)CC(=O)N[C@@H](Cc2c[nH]c3ccccc23)C(=O)N[C@@H](CO)C(=O)N[C@@H](Cc2c[nH]c3ccccc23)C(=O)N[C@@H](CNC(=O)c2ccccc2)C(=O)N1C. The molecule has 137 heavy (non-hydrogen) atoms. The van der Waals surface area contributed by atoms with Crippen LogP contribution < -0.4 is 86.3 Å². The molecule has 736 valence electrons. The minimum Gasteiger partial charge on any atom is -0.394 e. The highest BCUT2D eigenvalue weighted by Crippen LogP contribution is 2.25. The standard InChI is InChI=1S/C92H123N25O19S/c1-8-9-31-72-86(131)106-62(30-20-33-98-92(95)96)81(126)113-71(80(125)102-45-75(94)120)48-137-49-77(122)105-67(36-53-22-12-10-13-23-53)89(134)115(6)52(4)78(123)109-68(40-74(93)119)91(136)117-34-21-32-73(117)87(132)108-65(39-57-43-97-50-103-57)84(129)110-66(35-51(2)3)88(133)114(5)46-76(121)104-63(37-55-41-99-60-28-18-16-26-58(55)60)82(127)112-70(47-118)85(130)107-64(38-56-42-100-61-29-19-17-27-59(56)61)83(128)111-69(90(135)116(72)7)44-101-79(124)54-24-14-11-15-25-54/h10-19,22-29,41-43,50-52,62-73,99-100,118H,8-9,20-21,30-40,44-49H2,1-7H3,(H2,93,119)(H2,94,120)(H,97,103)(H,101,124)(H,102,125)(H,104,121)(H,105,122)(H,106,131)(H,107,130)(H,108,132)(H,109,123)(H,110,129)(H,111,128)(H,112,127)(H,113,126)(H4,95,96,98)/t52-,62-,63-,64-,65-,66-,67-,68-,69-,70-,71-,72-,73-/m0/s1. The molecule has 45 heteroatoms. The number of fused-ring (bicyclic) bond motifs is 3. The van der Waals surface area contributed by atoms with Crippen molar-refractivity contribution in [3.05, 3.63) is 162 Å². The van der Waals surface area contributed by atoms with E-state index in [0.29, 0.717) is 50.6 Å². The van der Waals surface area contributed by atoms with E-state index in [2.05, 4.69) is 89.1 Å². The molecule has 4 aromatic carbocycles. The number of guanidine groups is 1. The number of nitrogens with one attached hydrogen (secondary N) is 17. The van der Waals surface area contributed by atoms with Crippen molar-refractivity contribution in [2.45, 2.75) is 190 Å². The molecule has 2 aliphatic heterocycles. The zero-order valence-corrected chi connectivity index (χ0v) is 78.1. The average molecular weight is 1920 g/mol. The van der Waals surface area contributed by atoms with Crippen molar-refractivity contribution in [3.8, 4) is 0 Å². The molecule has 7 aromatic rings. The highest BCUT2D eigenvalue weighted by molar-refractivity contribution is 8.00. The van der Waals surface area contributed by atoms with Gasteiger partial charge in [0.1, 0.15) is 78.5 Å². The summed E-state index contributed by atoms with van der Waals surface area (Å²) in [7, 11) is 3.74. The number of H-pyrrole nitrogens is 3. The van der Waals surface area contributed by atoms with Gasteiger partial charge in [-0.25, -0.2) is 4.98 Å². The number of benzene rings is 4. The maximum Gasteiger partial charge on any atom is 0.251 e. The molecule has 13 atom stereocenters. The molecule has 3 aromatic heterocycles. The largest absolute Gasteiger partial charge is 0.394 e. The van der Waals surface area contributed by atoms with Crippen LogP contribution >= 0.6 is 11.8 Å². The van der Waals surface area contributed by atoms with Crippen LogP contribution in [0.4, 0.5) is 0 Å². The third-order valence-corrected chi connectivity index (χ3v) is 24.4. The van der Waals surface area contributed by atoms with E-state index >= 15 is 24.0 Å². The fourth-order valence-electron chi connectivity index (χ4n) is 15.9. The number of primary amides is 2. The monoisotopic (exact) mass is 1910 g/mol. The molecule has 0 unspecified atom stereocenters. The third kappa shape index (κ3) is 31.1. The quantitative estimate of drug-likeness (QED) is 0.0144. The third-order valence-electron chi connectivity index (χ3n) is 23.3. The number of hydrogen-bond donors (Lipinski definition) is 21. The second-order valence-corrected chi connectivity index (χ2v) is 35.2. The molecule has 0 aliphatic carbocycles. The van der Waals surface area contributed by atoms with Crippen LogP contribution in [0.5, 0.6) is 0 Å². The number of imidazole rings is 1. The number of aliphatic hydroxyl groups is 1. The number of aromatic amines is 3. The molecule has 18 amide bonds. The van der Waals surface area contributed by atoms with Gasteiger partial charge in [-0.15, -0.1) is 11.8 Å². The Morgan fingerprint density at radius 3 is 1.69 bits per heavy atom. The maximum absolute atomic E-state index is 15.6. The Labute approximate surface area is 794 Å². The lowest BCUT2D eigenvalue weighted by molar-refractivity contribution is -0.145. The summed E-state index contributed by atoms with van der Waals surface area (Å²) >= 11 is 0.766. The van der Waals surface area contributed by atoms with E-state index < -0.39 is 235 Å². The summed E-state index contributed by atoms with van der Waals surface area (Å²) in [5.41, 5.74) is 19.9.